The molecule has 2 heterocycles. The van der Waals surface area contributed by atoms with E-state index in [-0.39, 0.29) is 24.0 Å². The van der Waals surface area contributed by atoms with E-state index in [1.54, 1.807) is 6.26 Å². The normalized spacial score (nSPS) is 15.2. The van der Waals surface area contributed by atoms with Crippen molar-refractivity contribution in [1.82, 2.24) is 20.3 Å². The first-order valence-electron chi connectivity index (χ1n) is 10.4. The number of piperazine rings is 1. The number of aromatic nitrogens is 1. The number of aliphatic imine (C=N–C) groups is 1. The summed E-state index contributed by atoms with van der Waals surface area (Å²) in [4.78, 5) is 9.70. The van der Waals surface area contributed by atoms with Gasteiger partial charge in [-0.2, -0.15) is 0 Å². The molecule has 4 rings (SSSR count). The summed E-state index contributed by atoms with van der Waals surface area (Å²) >= 11 is 0. The Kier molecular flexibility index (Phi) is 8.50. The van der Waals surface area contributed by atoms with E-state index in [1.807, 2.05) is 6.07 Å². The van der Waals surface area contributed by atoms with Gasteiger partial charge in [-0.3, -0.25) is 9.89 Å². The van der Waals surface area contributed by atoms with Gasteiger partial charge in [0.05, 0.1) is 5.69 Å². The summed E-state index contributed by atoms with van der Waals surface area (Å²) < 4.78 is 4.94. The predicted molar refractivity (Wildman–Crippen MR) is 132 cm³/mol. The molecule has 0 radical (unpaired) electrons. The summed E-state index contributed by atoms with van der Waals surface area (Å²) in [6.45, 7) is 8.58. The van der Waals surface area contributed by atoms with Gasteiger partial charge in [-0.25, -0.2) is 0 Å². The molecule has 0 aliphatic carbocycles. The van der Waals surface area contributed by atoms with Crippen LogP contribution in [0.15, 0.2) is 64.3 Å². The van der Waals surface area contributed by atoms with Crippen LogP contribution in [-0.4, -0.2) is 60.2 Å². The molecule has 0 atom stereocenters. The Bertz CT molecular complexity index is 930. The molecular weight excluding hydrogens is 489 g/mol. The molecule has 0 amide bonds. The average Bonchev–Trinajstić information content (AvgIpc) is 3.27. The van der Waals surface area contributed by atoms with Crippen LogP contribution in [0.3, 0.4) is 0 Å². The maximum atomic E-state index is 4.94. The molecule has 0 unspecified atom stereocenters. The maximum absolute atomic E-state index is 4.94. The van der Waals surface area contributed by atoms with Crippen LogP contribution >= 0.6 is 24.0 Å². The van der Waals surface area contributed by atoms with Gasteiger partial charge in [0.25, 0.3) is 0 Å². The molecule has 6 nitrogen and oxygen atoms in total. The third-order valence-electron chi connectivity index (χ3n) is 5.41. The lowest BCUT2D eigenvalue weighted by atomic mass is 10.0. The number of rotatable bonds is 6. The van der Waals surface area contributed by atoms with Gasteiger partial charge in [0.1, 0.15) is 6.26 Å². The Balaban J connectivity index is 0.00000256. The number of fused-ring (bicyclic) bond motifs is 1. The molecule has 0 spiro atoms. The Morgan fingerprint density at radius 2 is 1.87 bits per heavy atom. The van der Waals surface area contributed by atoms with Gasteiger partial charge in [0, 0.05) is 51.9 Å². The number of halogens is 1. The monoisotopic (exact) mass is 519 g/mol. The molecule has 1 aliphatic rings. The second-order valence-corrected chi connectivity index (χ2v) is 7.38. The van der Waals surface area contributed by atoms with E-state index in [0.717, 1.165) is 63.9 Å². The topological polar surface area (TPSA) is 56.9 Å². The van der Waals surface area contributed by atoms with E-state index in [1.165, 1.54) is 16.3 Å². The van der Waals surface area contributed by atoms with E-state index in [2.05, 4.69) is 69.7 Å². The molecule has 0 bridgehead atoms. The molecule has 3 aromatic rings. The van der Waals surface area contributed by atoms with Crippen molar-refractivity contribution in [3.8, 4) is 0 Å². The number of nitrogens with zero attached hydrogens (tertiary/aromatic N) is 4. The SMILES string of the molecule is CCNC(=NCCc1cccc2ccccc12)N1CCN(Cc2ccon2)CC1.I. The van der Waals surface area contributed by atoms with E-state index < -0.39 is 0 Å². The highest BCUT2D eigenvalue weighted by Crippen LogP contribution is 2.19. The Morgan fingerprint density at radius 3 is 2.63 bits per heavy atom. The van der Waals surface area contributed by atoms with Gasteiger partial charge in [-0.1, -0.05) is 47.6 Å². The molecule has 7 heteroatoms. The lowest BCUT2D eigenvalue weighted by molar-refractivity contribution is 0.169. The van der Waals surface area contributed by atoms with Crippen molar-refractivity contribution >= 4 is 40.7 Å². The van der Waals surface area contributed by atoms with Crippen LogP contribution in [0.25, 0.3) is 10.8 Å². The van der Waals surface area contributed by atoms with Gasteiger partial charge in [0.15, 0.2) is 5.96 Å². The molecule has 1 saturated heterocycles. The van der Waals surface area contributed by atoms with Crippen LogP contribution < -0.4 is 5.32 Å². The van der Waals surface area contributed by atoms with Crippen molar-refractivity contribution in [3.63, 3.8) is 0 Å². The van der Waals surface area contributed by atoms with Crippen molar-refractivity contribution < 1.29 is 4.52 Å². The molecule has 30 heavy (non-hydrogen) atoms. The maximum Gasteiger partial charge on any atom is 0.194 e. The third kappa shape index (κ3) is 5.72. The zero-order chi connectivity index (χ0) is 19.9. The van der Waals surface area contributed by atoms with Gasteiger partial charge >= 0.3 is 0 Å². The third-order valence-corrected chi connectivity index (χ3v) is 5.41. The lowest BCUT2D eigenvalue weighted by Gasteiger charge is -2.36. The molecule has 1 N–H and O–H groups in total. The minimum atomic E-state index is 0. The van der Waals surface area contributed by atoms with Gasteiger partial charge < -0.3 is 14.7 Å². The van der Waals surface area contributed by atoms with Crippen LogP contribution in [0.1, 0.15) is 18.2 Å². The van der Waals surface area contributed by atoms with Gasteiger partial charge in [-0.05, 0) is 29.7 Å². The summed E-state index contributed by atoms with van der Waals surface area (Å²) in [5.74, 6) is 1.02. The molecule has 1 aliphatic heterocycles. The first-order valence-corrected chi connectivity index (χ1v) is 10.4. The van der Waals surface area contributed by atoms with E-state index in [0.29, 0.717) is 0 Å². The fraction of sp³-hybridized carbons (Fsp3) is 0.391. The zero-order valence-corrected chi connectivity index (χ0v) is 19.8. The Labute approximate surface area is 195 Å². The zero-order valence-electron chi connectivity index (χ0n) is 17.5. The summed E-state index contributed by atoms with van der Waals surface area (Å²) in [5.41, 5.74) is 2.36. The standard InChI is InChI=1S/C23H29N5O.HI/c1-2-24-23(28-15-13-27(14-16-28)18-21-11-17-29-26-21)25-12-10-20-8-5-7-19-6-3-4-9-22(19)20;/h3-9,11,17H,2,10,12-16,18H2,1H3,(H,24,25);1H. The van der Waals surface area contributed by atoms with Crippen molar-refractivity contribution in [2.24, 2.45) is 4.99 Å². The van der Waals surface area contributed by atoms with Gasteiger partial charge in [-0.15, -0.1) is 24.0 Å². The second-order valence-electron chi connectivity index (χ2n) is 7.38. The molecule has 1 fully saturated rings. The fourth-order valence-electron chi connectivity index (χ4n) is 3.88. The Hall–Kier alpha value is -2.13. The minimum Gasteiger partial charge on any atom is -0.364 e. The number of hydrogen-bond donors (Lipinski definition) is 1. The smallest absolute Gasteiger partial charge is 0.194 e. The summed E-state index contributed by atoms with van der Waals surface area (Å²) in [5, 5.41) is 10.1. The quantitative estimate of drug-likeness (QED) is 0.305. The number of hydrogen-bond acceptors (Lipinski definition) is 4. The fourth-order valence-corrected chi connectivity index (χ4v) is 3.88. The molecule has 2 aromatic carbocycles. The van der Waals surface area contributed by atoms with Crippen molar-refractivity contribution in [3.05, 3.63) is 66.1 Å². The van der Waals surface area contributed by atoms with Crippen LogP contribution in [0.5, 0.6) is 0 Å². The molecule has 1 aromatic heterocycles. The van der Waals surface area contributed by atoms with Crippen LogP contribution in [-0.2, 0) is 13.0 Å². The van der Waals surface area contributed by atoms with E-state index in [4.69, 9.17) is 9.52 Å². The highest BCUT2D eigenvalue weighted by Gasteiger charge is 2.20. The molecule has 0 saturated carbocycles. The first kappa shape index (κ1) is 22.6. The van der Waals surface area contributed by atoms with Gasteiger partial charge in [0.2, 0.25) is 0 Å². The van der Waals surface area contributed by atoms with Crippen molar-refractivity contribution in [1.29, 1.82) is 0 Å². The molecule has 160 valence electrons. The first-order chi connectivity index (χ1) is 14.3. The summed E-state index contributed by atoms with van der Waals surface area (Å²) in [7, 11) is 0. The number of guanidine groups is 1. The van der Waals surface area contributed by atoms with E-state index >= 15 is 0 Å². The van der Waals surface area contributed by atoms with Crippen molar-refractivity contribution in [2.75, 3.05) is 39.3 Å². The number of nitrogens with one attached hydrogen (secondary N) is 1. The predicted octanol–water partition coefficient (Wildman–Crippen LogP) is 3.77. The highest BCUT2D eigenvalue weighted by molar-refractivity contribution is 14.0. The van der Waals surface area contributed by atoms with Crippen LogP contribution in [0.2, 0.25) is 0 Å². The average molecular weight is 519 g/mol. The van der Waals surface area contributed by atoms with Crippen LogP contribution in [0.4, 0.5) is 0 Å². The molecular formula is C23H30IN5O. The summed E-state index contributed by atoms with van der Waals surface area (Å²) in [6, 6.07) is 17.0. The highest BCUT2D eigenvalue weighted by atomic mass is 127. The minimum absolute atomic E-state index is 0. The largest absolute Gasteiger partial charge is 0.364 e. The Morgan fingerprint density at radius 1 is 1.07 bits per heavy atom. The van der Waals surface area contributed by atoms with Crippen LogP contribution in [0, 0.1) is 0 Å². The van der Waals surface area contributed by atoms with Crippen molar-refractivity contribution in [2.45, 2.75) is 19.9 Å². The second kappa shape index (κ2) is 11.3. The van der Waals surface area contributed by atoms with E-state index in [9.17, 15) is 0 Å². The number of benzene rings is 2. The summed E-state index contributed by atoms with van der Waals surface area (Å²) in [6.07, 6.45) is 2.58. The lowest BCUT2D eigenvalue weighted by Crippen LogP contribution is -2.52.